The molecular weight excluding hydrogens is 434 g/mol. The molecule has 3 rings (SSSR count). The molecule has 2 aliphatic rings. The van der Waals surface area contributed by atoms with E-state index in [2.05, 4.69) is 36.1 Å². The summed E-state index contributed by atoms with van der Waals surface area (Å²) in [5.74, 6) is -0.623. The maximum atomic E-state index is 13.8. The lowest BCUT2D eigenvalue weighted by atomic mass is 9.64. The number of nitrogens with one attached hydrogen (secondary N) is 1. The van der Waals surface area contributed by atoms with E-state index in [-0.39, 0.29) is 29.7 Å². The van der Waals surface area contributed by atoms with E-state index in [1.807, 2.05) is 6.07 Å². The minimum absolute atomic E-state index is 0.0468. The van der Waals surface area contributed by atoms with Crippen molar-refractivity contribution < 1.29 is 19.5 Å². The maximum absolute atomic E-state index is 13.8. The SMILES string of the molecule is CC(C)(C)C1CCC([C@@]2(C(=O)NCc3ccc(N)nc3)CCCN2C(=O)CN=CC(=O)O)CC1. The summed E-state index contributed by atoms with van der Waals surface area (Å²) >= 11 is 0. The number of carbonyl (C=O) groups is 3. The number of carboxylic acids is 1. The van der Waals surface area contributed by atoms with Crippen LogP contribution in [0.5, 0.6) is 0 Å². The zero-order valence-electron chi connectivity index (χ0n) is 20.4. The molecule has 2 amide bonds. The van der Waals surface area contributed by atoms with Crippen molar-refractivity contribution in [3.63, 3.8) is 0 Å². The summed E-state index contributed by atoms with van der Waals surface area (Å²) in [5, 5.41) is 11.9. The summed E-state index contributed by atoms with van der Waals surface area (Å²) in [5.41, 5.74) is 5.75. The van der Waals surface area contributed by atoms with Crippen molar-refractivity contribution in [1.29, 1.82) is 0 Å². The summed E-state index contributed by atoms with van der Waals surface area (Å²) in [4.78, 5) is 47.2. The van der Waals surface area contributed by atoms with Crippen LogP contribution in [0, 0.1) is 17.3 Å². The predicted molar refractivity (Wildman–Crippen MR) is 130 cm³/mol. The first-order valence-corrected chi connectivity index (χ1v) is 12.1. The van der Waals surface area contributed by atoms with E-state index in [0.717, 1.165) is 43.9 Å². The lowest BCUT2D eigenvalue weighted by molar-refractivity contribution is -0.149. The van der Waals surface area contributed by atoms with E-state index in [9.17, 15) is 14.4 Å². The van der Waals surface area contributed by atoms with Crippen molar-refractivity contribution >= 4 is 29.8 Å². The number of aromatic nitrogens is 1. The first kappa shape index (κ1) is 25.6. The number of nitrogens with two attached hydrogens (primary N) is 1. The number of nitrogen functional groups attached to an aromatic ring is 1. The summed E-state index contributed by atoms with van der Waals surface area (Å²) in [7, 11) is 0. The van der Waals surface area contributed by atoms with Crippen LogP contribution >= 0.6 is 0 Å². The molecule has 34 heavy (non-hydrogen) atoms. The van der Waals surface area contributed by atoms with Gasteiger partial charge in [-0.25, -0.2) is 9.78 Å². The van der Waals surface area contributed by atoms with Gasteiger partial charge in [-0.1, -0.05) is 26.8 Å². The number of hydrogen-bond acceptors (Lipinski definition) is 6. The summed E-state index contributed by atoms with van der Waals surface area (Å²) in [6.45, 7) is 7.26. The third kappa shape index (κ3) is 5.74. The van der Waals surface area contributed by atoms with E-state index < -0.39 is 11.5 Å². The Morgan fingerprint density at radius 3 is 2.56 bits per heavy atom. The predicted octanol–water partition coefficient (Wildman–Crippen LogP) is 2.65. The number of carboxylic acid groups (broad SMARTS) is 1. The van der Waals surface area contributed by atoms with E-state index in [1.54, 1.807) is 17.2 Å². The first-order chi connectivity index (χ1) is 16.0. The lowest BCUT2D eigenvalue weighted by Gasteiger charge is -2.47. The van der Waals surface area contributed by atoms with E-state index in [1.165, 1.54) is 0 Å². The molecule has 0 aromatic carbocycles. The number of likely N-dealkylation sites (tertiary alicyclic amines) is 1. The van der Waals surface area contributed by atoms with Gasteiger partial charge in [0.25, 0.3) is 0 Å². The highest BCUT2D eigenvalue weighted by atomic mass is 16.4. The van der Waals surface area contributed by atoms with Crippen molar-refractivity contribution in [3.05, 3.63) is 23.9 Å². The standard InChI is InChI=1S/C25H37N5O4/c1-24(2,3)18-6-8-19(9-7-18)25(23(34)29-14-17-5-10-20(26)28-13-17)11-4-12-30(25)21(31)15-27-16-22(32)33/h5,10,13,16,18-19H,4,6-9,11-12,14-15H2,1-3H3,(H2,26,28)(H,29,34)(H,32,33)/t18?,19?,25-/m1/s1. The van der Waals surface area contributed by atoms with E-state index >= 15 is 0 Å². The molecule has 2 heterocycles. The molecule has 4 N–H and O–H groups in total. The molecule has 1 aliphatic heterocycles. The number of aliphatic imine (C=N–C) groups is 1. The Labute approximate surface area is 201 Å². The van der Waals surface area contributed by atoms with Gasteiger partial charge < -0.3 is 21.1 Å². The van der Waals surface area contributed by atoms with Crippen LogP contribution in [0.2, 0.25) is 0 Å². The number of anilines is 1. The second-order valence-corrected chi connectivity index (χ2v) is 10.6. The van der Waals surface area contributed by atoms with Crippen molar-refractivity contribution in [2.75, 3.05) is 18.8 Å². The molecule has 186 valence electrons. The summed E-state index contributed by atoms with van der Waals surface area (Å²) in [6, 6.07) is 3.51. The Morgan fingerprint density at radius 1 is 1.26 bits per heavy atom. The highest BCUT2D eigenvalue weighted by molar-refractivity contribution is 6.22. The Balaban J connectivity index is 1.83. The molecule has 1 aliphatic carbocycles. The zero-order valence-corrected chi connectivity index (χ0v) is 20.4. The second-order valence-electron chi connectivity index (χ2n) is 10.6. The third-order valence-electron chi connectivity index (χ3n) is 7.47. The van der Waals surface area contributed by atoms with Crippen LogP contribution in [0.25, 0.3) is 0 Å². The summed E-state index contributed by atoms with van der Waals surface area (Å²) < 4.78 is 0. The number of pyridine rings is 1. The Hall–Kier alpha value is -2.97. The molecule has 1 aromatic heterocycles. The lowest BCUT2D eigenvalue weighted by Crippen LogP contribution is -2.62. The Morgan fingerprint density at radius 2 is 1.97 bits per heavy atom. The van der Waals surface area contributed by atoms with Crippen molar-refractivity contribution in [1.82, 2.24) is 15.2 Å². The number of aliphatic carboxylic acids is 1. The molecular formula is C25H37N5O4. The molecule has 0 bridgehead atoms. The average Bonchev–Trinajstić information content (AvgIpc) is 3.24. The number of rotatable bonds is 7. The van der Waals surface area contributed by atoms with Crippen LogP contribution < -0.4 is 11.1 Å². The van der Waals surface area contributed by atoms with Crippen LogP contribution in [0.4, 0.5) is 5.82 Å². The van der Waals surface area contributed by atoms with Gasteiger partial charge in [0.2, 0.25) is 11.8 Å². The number of nitrogens with zero attached hydrogens (tertiary/aromatic N) is 3. The molecule has 9 heteroatoms. The third-order valence-corrected chi connectivity index (χ3v) is 7.47. The molecule has 1 saturated heterocycles. The normalized spacial score (nSPS) is 25.4. The molecule has 1 aromatic rings. The van der Waals surface area contributed by atoms with Crippen molar-refractivity contribution in [2.24, 2.45) is 22.2 Å². The molecule has 0 spiro atoms. The van der Waals surface area contributed by atoms with Gasteiger partial charge in [0.15, 0.2) is 0 Å². The Kier molecular flexibility index (Phi) is 7.94. The van der Waals surface area contributed by atoms with Crippen LogP contribution in [0.15, 0.2) is 23.3 Å². The fraction of sp³-hybridized carbons (Fsp3) is 0.640. The monoisotopic (exact) mass is 471 g/mol. The molecule has 1 atom stereocenters. The Bertz CT molecular complexity index is 916. The molecule has 2 fully saturated rings. The zero-order chi connectivity index (χ0) is 24.9. The largest absolute Gasteiger partial charge is 0.477 e. The van der Waals surface area contributed by atoms with Crippen LogP contribution in [-0.4, -0.2) is 57.6 Å². The van der Waals surface area contributed by atoms with Crippen LogP contribution in [0.3, 0.4) is 0 Å². The summed E-state index contributed by atoms with van der Waals surface area (Å²) in [6.07, 6.45) is 7.48. The molecule has 0 unspecified atom stereocenters. The van der Waals surface area contributed by atoms with E-state index in [4.69, 9.17) is 10.8 Å². The van der Waals surface area contributed by atoms with Gasteiger partial charge >= 0.3 is 5.97 Å². The van der Waals surface area contributed by atoms with Crippen LogP contribution in [-0.2, 0) is 20.9 Å². The minimum atomic E-state index is -1.20. The quantitative estimate of drug-likeness (QED) is 0.523. The van der Waals surface area contributed by atoms with Gasteiger partial charge in [-0.2, -0.15) is 0 Å². The average molecular weight is 472 g/mol. The number of amides is 2. The fourth-order valence-electron chi connectivity index (χ4n) is 5.63. The number of carbonyl (C=O) groups excluding carboxylic acids is 2. The molecule has 9 nitrogen and oxygen atoms in total. The van der Waals surface area contributed by atoms with Gasteiger partial charge in [0, 0.05) is 19.3 Å². The van der Waals surface area contributed by atoms with Crippen LogP contribution in [0.1, 0.15) is 64.9 Å². The smallest absolute Gasteiger partial charge is 0.346 e. The van der Waals surface area contributed by atoms with Gasteiger partial charge in [-0.3, -0.25) is 14.6 Å². The fourth-order valence-corrected chi connectivity index (χ4v) is 5.63. The highest BCUT2D eigenvalue weighted by Gasteiger charge is 2.55. The highest BCUT2D eigenvalue weighted by Crippen LogP contribution is 2.48. The van der Waals surface area contributed by atoms with E-state index in [0.29, 0.717) is 31.2 Å². The molecule has 0 radical (unpaired) electrons. The second kappa shape index (κ2) is 10.5. The van der Waals surface area contributed by atoms with Gasteiger partial charge in [0.05, 0.1) is 0 Å². The van der Waals surface area contributed by atoms with Crippen molar-refractivity contribution in [2.45, 2.75) is 71.4 Å². The number of hydrogen-bond donors (Lipinski definition) is 3. The maximum Gasteiger partial charge on any atom is 0.346 e. The van der Waals surface area contributed by atoms with Crippen molar-refractivity contribution in [3.8, 4) is 0 Å². The van der Waals surface area contributed by atoms with Gasteiger partial charge in [-0.15, -0.1) is 0 Å². The minimum Gasteiger partial charge on any atom is -0.477 e. The molecule has 1 saturated carbocycles. The topological polar surface area (TPSA) is 138 Å². The first-order valence-electron chi connectivity index (χ1n) is 12.1. The van der Waals surface area contributed by atoms with Gasteiger partial charge in [0.1, 0.15) is 24.1 Å². The van der Waals surface area contributed by atoms with Gasteiger partial charge in [-0.05, 0) is 67.4 Å².